The molecule has 0 aromatic heterocycles. The number of rotatable bonds is 4. The molecule has 1 saturated carbocycles. The van der Waals surface area contributed by atoms with E-state index in [9.17, 15) is 9.59 Å². The Morgan fingerprint density at radius 2 is 1.90 bits per heavy atom. The van der Waals surface area contributed by atoms with Crippen LogP contribution in [0.4, 0.5) is 0 Å². The summed E-state index contributed by atoms with van der Waals surface area (Å²) in [6.07, 6.45) is 8.78. The first-order chi connectivity index (χ1) is 9.61. The van der Waals surface area contributed by atoms with Crippen molar-refractivity contribution in [1.82, 2.24) is 0 Å². The van der Waals surface area contributed by atoms with Gasteiger partial charge >= 0.3 is 11.9 Å². The monoisotopic (exact) mass is 280 g/mol. The number of allylic oxidation sites excluding steroid dienone is 2. The molecule has 112 valence electrons. The van der Waals surface area contributed by atoms with Crippen LogP contribution < -0.4 is 0 Å². The average molecular weight is 280 g/mol. The standard InChI is InChI=1S/C16H24O4/c1-4-7-11-10-16(14(17)19-2,15(18)20-3)13-9-6-5-8-12(11)13/h5,8,11-13H,4,6-7,9-10H2,1-3H3/t11-,12?,13?/m0/s1. The molecular weight excluding hydrogens is 256 g/mol. The molecule has 2 aliphatic rings. The predicted octanol–water partition coefficient (Wildman–Crippen LogP) is 2.72. The van der Waals surface area contributed by atoms with Crippen LogP contribution in [0.1, 0.15) is 39.0 Å². The molecule has 4 heteroatoms. The lowest BCUT2D eigenvalue weighted by molar-refractivity contribution is -0.173. The van der Waals surface area contributed by atoms with Crippen molar-refractivity contribution in [3.63, 3.8) is 0 Å². The minimum Gasteiger partial charge on any atom is -0.468 e. The van der Waals surface area contributed by atoms with Crippen LogP contribution in [0.5, 0.6) is 0 Å². The smallest absolute Gasteiger partial charge is 0.323 e. The van der Waals surface area contributed by atoms with Crippen molar-refractivity contribution in [3.8, 4) is 0 Å². The van der Waals surface area contributed by atoms with Crippen LogP contribution in [0.25, 0.3) is 0 Å². The summed E-state index contributed by atoms with van der Waals surface area (Å²) in [7, 11) is 2.71. The van der Waals surface area contributed by atoms with Crippen molar-refractivity contribution in [1.29, 1.82) is 0 Å². The molecule has 1 fully saturated rings. The molecule has 3 atom stereocenters. The highest BCUT2D eigenvalue weighted by Gasteiger charge is 2.62. The highest BCUT2D eigenvalue weighted by atomic mass is 16.5. The van der Waals surface area contributed by atoms with Crippen LogP contribution in [0.3, 0.4) is 0 Å². The summed E-state index contributed by atoms with van der Waals surface area (Å²) in [5.74, 6) is -0.174. The maximum Gasteiger partial charge on any atom is 0.323 e. The van der Waals surface area contributed by atoms with Crippen LogP contribution in [0.2, 0.25) is 0 Å². The van der Waals surface area contributed by atoms with Crippen molar-refractivity contribution < 1.29 is 19.1 Å². The first kappa shape index (κ1) is 15.1. The topological polar surface area (TPSA) is 52.6 Å². The van der Waals surface area contributed by atoms with E-state index in [1.54, 1.807) is 0 Å². The number of esters is 2. The van der Waals surface area contributed by atoms with Gasteiger partial charge in [0.05, 0.1) is 14.2 Å². The van der Waals surface area contributed by atoms with Crippen molar-refractivity contribution in [2.45, 2.75) is 39.0 Å². The zero-order valence-electron chi connectivity index (χ0n) is 12.6. The maximum atomic E-state index is 12.4. The van der Waals surface area contributed by atoms with E-state index < -0.39 is 17.4 Å². The van der Waals surface area contributed by atoms with E-state index in [1.807, 2.05) is 0 Å². The zero-order valence-corrected chi connectivity index (χ0v) is 12.6. The minimum atomic E-state index is -1.10. The number of hydrogen-bond donors (Lipinski definition) is 0. The Bertz CT molecular complexity index is 397. The van der Waals surface area contributed by atoms with E-state index in [4.69, 9.17) is 9.47 Å². The second-order valence-corrected chi connectivity index (χ2v) is 5.90. The molecule has 0 amide bonds. The molecule has 0 spiro atoms. The third kappa shape index (κ3) is 2.15. The van der Waals surface area contributed by atoms with Gasteiger partial charge in [-0.15, -0.1) is 0 Å². The molecule has 0 radical (unpaired) electrons. The summed E-state index contributed by atoms with van der Waals surface area (Å²) in [5.41, 5.74) is -1.10. The molecule has 2 unspecified atom stereocenters. The Morgan fingerprint density at radius 3 is 2.45 bits per heavy atom. The Morgan fingerprint density at radius 1 is 1.25 bits per heavy atom. The van der Waals surface area contributed by atoms with Gasteiger partial charge in [0.1, 0.15) is 0 Å². The van der Waals surface area contributed by atoms with Gasteiger partial charge in [-0.25, -0.2) is 0 Å². The summed E-state index contributed by atoms with van der Waals surface area (Å²) in [5, 5.41) is 0. The summed E-state index contributed by atoms with van der Waals surface area (Å²) in [6, 6.07) is 0. The fourth-order valence-electron chi connectivity index (χ4n) is 4.20. The highest BCUT2D eigenvalue weighted by molar-refractivity contribution is 6.01. The van der Waals surface area contributed by atoms with Gasteiger partial charge < -0.3 is 9.47 Å². The van der Waals surface area contributed by atoms with Gasteiger partial charge in [0.15, 0.2) is 5.41 Å². The zero-order chi connectivity index (χ0) is 14.8. The number of carbonyl (C=O) groups excluding carboxylic acids is 2. The molecule has 0 aromatic rings. The van der Waals surface area contributed by atoms with E-state index in [0.717, 1.165) is 25.7 Å². The van der Waals surface area contributed by atoms with Gasteiger partial charge in [-0.05, 0) is 37.0 Å². The lowest BCUT2D eigenvalue weighted by atomic mass is 9.71. The summed E-state index contributed by atoms with van der Waals surface area (Å²) in [6.45, 7) is 2.14. The van der Waals surface area contributed by atoms with Crippen LogP contribution in [0.15, 0.2) is 12.2 Å². The minimum absolute atomic E-state index is 0.0175. The summed E-state index contributed by atoms with van der Waals surface area (Å²) in [4.78, 5) is 24.8. The molecule has 0 aromatic carbocycles. The van der Waals surface area contributed by atoms with Crippen LogP contribution in [-0.4, -0.2) is 26.2 Å². The Kier molecular flexibility index (Phi) is 4.51. The van der Waals surface area contributed by atoms with Gasteiger partial charge in [-0.3, -0.25) is 9.59 Å². The quantitative estimate of drug-likeness (QED) is 0.451. The van der Waals surface area contributed by atoms with Crippen molar-refractivity contribution in [2.24, 2.45) is 23.2 Å². The predicted molar refractivity (Wildman–Crippen MR) is 74.8 cm³/mol. The highest BCUT2D eigenvalue weighted by Crippen LogP contribution is 2.56. The van der Waals surface area contributed by atoms with Crippen LogP contribution in [0, 0.1) is 23.2 Å². The molecule has 0 saturated heterocycles. The number of ether oxygens (including phenoxy) is 2. The van der Waals surface area contributed by atoms with Gasteiger partial charge in [0.25, 0.3) is 0 Å². The van der Waals surface area contributed by atoms with Gasteiger partial charge in [0, 0.05) is 0 Å². The third-order valence-electron chi connectivity index (χ3n) is 4.99. The molecule has 2 aliphatic carbocycles. The normalized spacial score (nSPS) is 30.6. The van der Waals surface area contributed by atoms with E-state index in [-0.39, 0.29) is 5.92 Å². The van der Waals surface area contributed by atoms with Gasteiger partial charge in [-0.2, -0.15) is 0 Å². The van der Waals surface area contributed by atoms with Crippen LogP contribution in [-0.2, 0) is 19.1 Å². The van der Waals surface area contributed by atoms with Crippen LogP contribution >= 0.6 is 0 Å². The Labute approximate surface area is 120 Å². The average Bonchev–Trinajstić information content (AvgIpc) is 2.82. The largest absolute Gasteiger partial charge is 0.468 e. The van der Waals surface area contributed by atoms with Gasteiger partial charge in [-0.1, -0.05) is 31.9 Å². The van der Waals surface area contributed by atoms with E-state index in [2.05, 4.69) is 19.1 Å². The third-order valence-corrected chi connectivity index (χ3v) is 4.99. The molecule has 0 aliphatic heterocycles. The number of hydrogen-bond acceptors (Lipinski definition) is 4. The summed E-state index contributed by atoms with van der Waals surface area (Å²) < 4.78 is 9.94. The molecular formula is C16H24O4. The van der Waals surface area contributed by atoms with E-state index in [1.165, 1.54) is 14.2 Å². The maximum absolute atomic E-state index is 12.4. The molecule has 0 N–H and O–H groups in total. The van der Waals surface area contributed by atoms with Gasteiger partial charge in [0.2, 0.25) is 0 Å². The fourth-order valence-corrected chi connectivity index (χ4v) is 4.20. The van der Waals surface area contributed by atoms with E-state index in [0.29, 0.717) is 18.3 Å². The molecule has 0 heterocycles. The summed E-state index contributed by atoms with van der Waals surface area (Å²) >= 11 is 0. The van der Waals surface area contributed by atoms with E-state index >= 15 is 0 Å². The first-order valence-corrected chi connectivity index (χ1v) is 7.45. The molecule has 20 heavy (non-hydrogen) atoms. The second kappa shape index (κ2) is 5.98. The SMILES string of the molecule is CCC[C@H]1CC(C(=O)OC)(C(=O)OC)C2CCC=CC21. The van der Waals surface area contributed by atoms with Crippen molar-refractivity contribution in [2.75, 3.05) is 14.2 Å². The first-order valence-electron chi connectivity index (χ1n) is 7.45. The van der Waals surface area contributed by atoms with Crippen molar-refractivity contribution >= 4 is 11.9 Å². The Hall–Kier alpha value is -1.32. The lowest BCUT2D eigenvalue weighted by Gasteiger charge is -2.33. The molecule has 0 bridgehead atoms. The fraction of sp³-hybridized carbons (Fsp3) is 0.750. The lowest BCUT2D eigenvalue weighted by Crippen LogP contribution is -2.45. The number of carbonyl (C=O) groups is 2. The molecule has 2 rings (SSSR count). The Balaban J connectivity index is 2.43. The number of methoxy groups -OCH3 is 2. The molecule has 4 nitrogen and oxygen atoms in total. The number of fused-ring (bicyclic) bond motifs is 1. The second-order valence-electron chi connectivity index (χ2n) is 5.90. The van der Waals surface area contributed by atoms with Crippen molar-refractivity contribution in [3.05, 3.63) is 12.2 Å².